The minimum atomic E-state index is -0.232. The quantitative estimate of drug-likeness (QED) is 0.473. The summed E-state index contributed by atoms with van der Waals surface area (Å²) >= 11 is 0. The molecule has 1 fully saturated rings. The molecule has 13 heavy (non-hydrogen) atoms. The first-order chi connectivity index (χ1) is 6.25. The Bertz CT molecular complexity index is 256. The van der Waals surface area contributed by atoms with Crippen LogP contribution in [0.3, 0.4) is 0 Å². The van der Waals surface area contributed by atoms with Gasteiger partial charge in [-0.3, -0.25) is 14.5 Å². The third kappa shape index (κ3) is 2.54. The number of carbonyl (C=O) groups is 2. The van der Waals surface area contributed by atoms with Gasteiger partial charge in [-0.05, 0) is 12.8 Å². The zero-order chi connectivity index (χ0) is 9.68. The molecule has 1 aliphatic rings. The number of hydrogen-bond donors (Lipinski definition) is 0. The fraction of sp³-hybridized carbons (Fsp3) is 0.400. The molecule has 2 amide bonds. The molecule has 0 aromatic carbocycles. The molecule has 0 aliphatic carbocycles. The van der Waals surface area contributed by atoms with Crippen molar-refractivity contribution in [2.75, 3.05) is 6.54 Å². The molecule has 3 heteroatoms. The van der Waals surface area contributed by atoms with Crippen LogP contribution in [-0.2, 0) is 9.59 Å². The maximum atomic E-state index is 11.3. The fourth-order valence-corrected chi connectivity index (χ4v) is 1.28. The average molecular weight is 179 g/mol. The summed E-state index contributed by atoms with van der Waals surface area (Å²) in [5.41, 5.74) is 0. The molecule has 0 radical (unpaired) electrons. The lowest BCUT2D eigenvalue weighted by molar-refractivity contribution is -0.143. The van der Waals surface area contributed by atoms with Crippen molar-refractivity contribution >= 4 is 11.8 Å². The molecule has 1 saturated heterocycles. The highest BCUT2D eigenvalue weighted by Crippen LogP contribution is 2.10. The van der Waals surface area contributed by atoms with Gasteiger partial charge in [-0.1, -0.05) is 18.7 Å². The van der Waals surface area contributed by atoms with Gasteiger partial charge in [-0.25, -0.2) is 0 Å². The summed E-state index contributed by atoms with van der Waals surface area (Å²) in [6.07, 6.45) is 6.74. The van der Waals surface area contributed by atoms with Crippen LogP contribution in [0, 0.1) is 0 Å². The van der Waals surface area contributed by atoms with Crippen molar-refractivity contribution in [3.05, 3.63) is 24.8 Å². The number of hydrogen-bond acceptors (Lipinski definition) is 2. The average Bonchev–Trinajstić information content (AvgIpc) is 2.15. The molecule has 1 aliphatic heterocycles. The van der Waals surface area contributed by atoms with Crippen molar-refractivity contribution in [1.29, 1.82) is 0 Å². The van der Waals surface area contributed by atoms with Gasteiger partial charge in [0.2, 0.25) is 5.91 Å². The zero-order valence-electron chi connectivity index (χ0n) is 7.53. The van der Waals surface area contributed by atoms with Crippen LogP contribution in [0.5, 0.6) is 0 Å². The third-order valence-corrected chi connectivity index (χ3v) is 1.96. The minimum Gasteiger partial charge on any atom is -0.279 e. The van der Waals surface area contributed by atoms with Crippen LogP contribution in [0.15, 0.2) is 24.8 Å². The van der Waals surface area contributed by atoms with Crippen molar-refractivity contribution in [2.45, 2.75) is 19.3 Å². The van der Waals surface area contributed by atoms with E-state index in [1.165, 1.54) is 17.1 Å². The molecule has 1 heterocycles. The van der Waals surface area contributed by atoms with Gasteiger partial charge in [0.05, 0.1) is 0 Å². The number of imide groups is 1. The second-order valence-corrected chi connectivity index (χ2v) is 2.94. The van der Waals surface area contributed by atoms with Gasteiger partial charge in [0.15, 0.2) is 0 Å². The lowest BCUT2D eigenvalue weighted by atomic mass is 10.1. The Morgan fingerprint density at radius 2 is 2.23 bits per heavy atom. The van der Waals surface area contributed by atoms with E-state index in [0.29, 0.717) is 13.0 Å². The summed E-state index contributed by atoms with van der Waals surface area (Å²) in [7, 11) is 0. The standard InChI is InChI=1S/C10H13NO2/c1-2-3-6-9(12)11-8-5-4-7-10(11)13/h2-3,6H,1,4-5,7-8H2/b6-3+. The van der Waals surface area contributed by atoms with Gasteiger partial charge in [-0.2, -0.15) is 0 Å². The topological polar surface area (TPSA) is 37.4 Å². The highest BCUT2D eigenvalue weighted by atomic mass is 16.2. The van der Waals surface area contributed by atoms with Crippen molar-refractivity contribution in [2.24, 2.45) is 0 Å². The minimum absolute atomic E-state index is 0.0648. The van der Waals surface area contributed by atoms with Gasteiger partial charge in [0.25, 0.3) is 5.91 Å². The highest BCUT2D eigenvalue weighted by Gasteiger charge is 2.21. The van der Waals surface area contributed by atoms with E-state index in [-0.39, 0.29) is 11.8 Å². The van der Waals surface area contributed by atoms with Crippen LogP contribution >= 0.6 is 0 Å². The third-order valence-electron chi connectivity index (χ3n) is 1.96. The highest BCUT2D eigenvalue weighted by molar-refractivity contribution is 6.01. The van der Waals surface area contributed by atoms with Crippen LogP contribution in [0.4, 0.5) is 0 Å². The van der Waals surface area contributed by atoms with Crippen molar-refractivity contribution in [1.82, 2.24) is 4.90 Å². The molecule has 0 saturated carbocycles. The molecular weight excluding hydrogens is 166 g/mol. The Hall–Kier alpha value is -1.38. The van der Waals surface area contributed by atoms with Gasteiger partial charge in [-0.15, -0.1) is 0 Å². The largest absolute Gasteiger partial charge is 0.279 e. The number of nitrogens with zero attached hydrogens (tertiary/aromatic N) is 1. The first-order valence-corrected chi connectivity index (χ1v) is 4.39. The van der Waals surface area contributed by atoms with Crippen molar-refractivity contribution in [3.8, 4) is 0 Å². The molecule has 0 atom stereocenters. The molecule has 0 bridgehead atoms. The summed E-state index contributed by atoms with van der Waals surface area (Å²) in [5, 5.41) is 0. The Morgan fingerprint density at radius 1 is 1.46 bits per heavy atom. The van der Waals surface area contributed by atoms with E-state index >= 15 is 0 Å². The molecule has 3 nitrogen and oxygen atoms in total. The molecule has 70 valence electrons. The van der Waals surface area contributed by atoms with Gasteiger partial charge in [0, 0.05) is 19.0 Å². The zero-order valence-corrected chi connectivity index (χ0v) is 7.53. The first kappa shape index (κ1) is 9.71. The van der Waals surface area contributed by atoms with Crippen molar-refractivity contribution < 1.29 is 9.59 Å². The Balaban J connectivity index is 2.58. The number of carbonyl (C=O) groups excluding carboxylic acids is 2. The normalized spacial score (nSPS) is 17.8. The molecule has 0 N–H and O–H groups in total. The Labute approximate surface area is 77.7 Å². The van der Waals surface area contributed by atoms with Crippen LogP contribution in [0.25, 0.3) is 0 Å². The number of rotatable bonds is 2. The Kier molecular flexibility index (Phi) is 3.43. The summed E-state index contributed by atoms with van der Waals surface area (Å²) in [4.78, 5) is 23.9. The predicted octanol–water partition coefficient (Wildman–Crippen LogP) is 1.27. The fourth-order valence-electron chi connectivity index (χ4n) is 1.28. The molecular formula is C10H13NO2. The summed E-state index contributed by atoms with van der Waals surface area (Å²) in [5.74, 6) is -0.297. The van der Waals surface area contributed by atoms with Gasteiger partial charge >= 0.3 is 0 Å². The summed E-state index contributed by atoms with van der Waals surface area (Å²) in [6, 6.07) is 0. The number of allylic oxidation sites excluding steroid dienone is 2. The maximum absolute atomic E-state index is 11.3. The lowest BCUT2D eigenvalue weighted by Crippen LogP contribution is -2.39. The van der Waals surface area contributed by atoms with E-state index in [1.54, 1.807) is 6.08 Å². The van der Waals surface area contributed by atoms with E-state index < -0.39 is 0 Å². The monoisotopic (exact) mass is 179 g/mol. The predicted molar refractivity (Wildman–Crippen MR) is 49.9 cm³/mol. The van der Waals surface area contributed by atoms with Gasteiger partial charge < -0.3 is 0 Å². The Morgan fingerprint density at radius 3 is 2.85 bits per heavy atom. The molecule has 0 spiro atoms. The number of likely N-dealkylation sites (tertiary alicyclic amines) is 1. The molecule has 0 aromatic rings. The smallest absolute Gasteiger partial charge is 0.253 e. The van der Waals surface area contributed by atoms with Gasteiger partial charge in [0.1, 0.15) is 0 Å². The first-order valence-electron chi connectivity index (χ1n) is 4.39. The molecule has 0 unspecified atom stereocenters. The van der Waals surface area contributed by atoms with E-state index in [2.05, 4.69) is 6.58 Å². The van der Waals surface area contributed by atoms with E-state index in [1.807, 2.05) is 0 Å². The van der Waals surface area contributed by atoms with E-state index in [4.69, 9.17) is 0 Å². The van der Waals surface area contributed by atoms with Crippen LogP contribution in [0.2, 0.25) is 0 Å². The van der Waals surface area contributed by atoms with E-state index in [0.717, 1.165) is 12.8 Å². The number of piperidine rings is 1. The summed E-state index contributed by atoms with van der Waals surface area (Å²) in [6.45, 7) is 4.01. The van der Waals surface area contributed by atoms with Crippen LogP contribution in [-0.4, -0.2) is 23.3 Å². The van der Waals surface area contributed by atoms with Crippen molar-refractivity contribution in [3.63, 3.8) is 0 Å². The lowest BCUT2D eigenvalue weighted by Gasteiger charge is -2.23. The van der Waals surface area contributed by atoms with Crippen LogP contribution < -0.4 is 0 Å². The SMILES string of the molecule is C=C/C=C/C(=O)N1CCCCC1=O. The molecule has 0 aromatic heterocycles. The second-order valence-electron chi connectivity index (χ2n) is 2.94. The van der Waals surface area contributed by atoms with Crippen LogP contribution in [0.1, 0.15) is 19.3 Å². The second kappa shape index (κ2) is 4.60. The number of amides is 2. The van der Waals surface area contributed by atoms with E-state index in [9.17, 15) is 9.59 Å². The molecule has 1 rings (SSSR count). The summed E-state index contributed by atoms with van der Waals surface area (Å²) < 4.78 is 0. The maximum Gasteiger partial charge on any atom is 0.253 e.